The third kappa shape index (κ3) is 1.64. The predicted octanol–water partition coefficient (Wildman–Crippen LogP) is 1.79. The van der Waals surface area contributed by atoms with E-state index in [1.54, 1.807) is 12.1 Å². The Balaban J connectivity index is 3.42. The van der Waals surface area contributed by atoms with Gasteiger partial charge >= 0.3 is 0 Å². The van der Waals surface area contributed by atoms with E-state index in [9.17, 15) is 4.21 Å². The van der Waals surface area contributed by atoms with Crippen LogP contribution < -0.4 is 0 Å². The normalized spacial score (nSPS) is 12.1. The fourth-order valence-corrected chi connectivity index (χ4v) is 1.68. The van der Waals surface area contributed by atoms with Crippen molar-refractivity contribution in [1.29, 1.82) is 5.26 Å². The van der Waals surface area contributed by atoms with Gasteiger partial charge in [0.25, 0.3) is 0 Å². The van der Waals surface area contributed by atoms with Gasteiger partial charge in [0.05, 0.1) is 10.6 Å². The van der Waals surface area contributed by atoms with Crippen LogP contribution in [0.25, 0.3) is 0 Å². The quantitative estimate of drug-likeness (QED) is 0.705. The van der Waals surface area contributed by atoms with E-state index >= 15 is 0 Å². The van der Waals surface area contributed by atoms with Gasteiger partial charge in [-0.3, -0.25) is 0 Å². The maximum absolute atomic E-state index is 10.7. The van der Waals surface area contributed by atoms with E-state index in [-0.39, 0.29) is 15.5 Å². The average molecular weight is 202 g/mol. The molecule has 1 N–H and O–H groups in total. The molecule has 0 aliphatic rings. The van der Waals surface area contributed by atoms with Gasteiger partial charge in [0.15, 0.2) is 11.1 Å². The first kappa shape index (κ1) is 9.20. The van der Waals surface area contributed by atoms with Gasteiger partial charge in [-0.2, -0.15) is 5.26 Å². The highest BCUT2D eigenvalue weighted by atomic mass is 35.5. The van der Waals surface area contributed by atoms with Crippen molar-refractivity contribution in [2.75, 3.05) is 0 Å². The molecular weight excluding hydrogens is 198 g/mol. The van der Waals surface area contributed by atoms with Gasteiger partial charge in [-0.1, -0.05) is 17.7 Å². The number of halogens is 1. The Labute approximate surface area is 76.9 Å². The zero-order chi connectivity index (χ0) is 9.14. The van der Waals surface area contributed by atoms with Crippen molar-refractivity contribution in [2.45, 2.75) is 4.90 Å². The monoisotopic (exact) mass is 201 g/mol. The smallest absolute Gasteiger partial charge is 0.189 e. The van der Waals surface area contributed by atoms with Crippen molar-refractivity contribution >= 4 is 22.7 Å². The van der Waals surface area contributed by atoms with E-state index in [1.807, 2.05) is 0 Å². The lowest BCUT2D eigenvalue weighted by Crippen LogP contribution is -1.93. The zero-order valence-corrected chi connectivity index (χ0v) is 7.39. The van der Waals surface area contributed by atoms with E-state index in [1.165, 1.54) is 12.1 Å². The third-order valence-electron chi connectivity index (χ3n) is 1.26. The van der Waals surface area contributed by atoms with E-state index in [2.05, 4.69) is 0 Å². The summed E-state index contributed by atoms with van der Waals surface area (Å²) in [5.74, 6) is 0. The van der Waals surface area contributed by atoms with Crippen LogP contribution in [-0.2, 0) is 11.1 Å². The number of rotatable bonds is 1. The van der Waals surface area contributed by atoms with Gasteiger partial charge in [-0.25, -0.2) is 4.21 Å². The minimum Gasteiger partial charge on any atom is -0.302 e. The Bertz CT molecular complexity index is 372. The lowest BCUT2D eigenvalue weighted by Gasteiger charge is -1.99. The molecule has 0 spiro atoms. The summed E-state index contributed by atoms with van der Waals surface area (Å²) in [4.78, 5) is -0.0262. The minimum atomic E-state index is -2.21. The lowest BCUT2D eigenvalue weighted by molar-refractivity contribution is 0.564. The van der Waals surface area contributed by atoms with Crippen LogP contribution in [0, 0.1) is 11.3 Å². The van der Waals surface area contributed by atoms with Gasteiger partial charge in [-0.15, -0.1) is 0 Å². The maximum Gasteiger partial charge on any atom is 0.189 e. The van der Waals surface area contributed by atoms with E-state index < -0.39 is 11.1 Å². The molecule has 0 aliphatic heterocycles. The molecule has 1 aromatic rings. The Morgan fingerprint density at radius 1 is 1.58 bits per heavy atom. The van der Waals surface area contributed by atoms with E-state index in [0.717, 1.165) is 0 Å². The summed E-state index contributed by atoms with van der Waals surface area (Å²) >= 11 is 3.39. The first-order valence-electron chi connectivity index (χ1n) is 2.96. The number of benzene rings is 1. The molecule has 0 amide bonds. The summed E-state index contributed by atoms with van der Waals surface area (Å²) < 4.78 is 19.4. The summed E-state index contributed by atoms with van der Waals surface area (Å²) in [6, 6.07) is 6.24. The molecular formula is C7H4ClNO2S. The van der Waals surface area contributed by atoms with Crippen LogP contribution in [0.15, 0.2) is 23.1 Å². The maximum atomic E-state index is 10.7. The molecule has 0 heterocycles. The second-order valence-corrected chi connectivity index (χ2v) is 3.29. The fourth-order valence-electron chi connectivity index (χ4n) is 0.774. The van der Waals surface area contributed by atoms with E-state index in [0.29, 0.717) is 0 Å². The van der Waals surface area contributed by atoms with Crippen molar-refractivity contribution in [1.82, 2.24) is 0 Å². The molecule has 1 atom stereocenters. The molecule has 0 saturated carbocycles. The number of hydrogen-bond donors (Lipinski definition) is 1. The molecule has 0 bridgehead atoms. The molecule has 12 heavy (non-hydrogen) atoms. The third-order valence-corrected chi connectivity index (χ3v) is 2.48. The highest BCUT2D eigenvalue weighted by Crippen LogP contribution is 2.21. The number of hydrogen-bond acceptors (Lipinski definition) is 2. The second kappa shape index (κ2) is 3.68. The van der Waals surface area contributed by atoms with Gasteiger partial charge in [-0.05, 0) is 12.1 Å². The van der Waals surface area contributed by atoms with Crippen molar-refractivity contribution in [3.8, 4) is 6.07 Å². The summed E-state index contributed by atoms with van der Waals surface area (Å²) in [6.45, 7) is 0. The number of nitrogens with zero attached hydrogens (tertiary/aromatic N) is 1. The molecule has 0 aliphatic carbocycles. The molecule has 0 aromatic heterocycles. The SMILES string of the molecule is N#Cc1cccc(Cl)c1S(=O)O. The summed E-state index contributed by atoms with van der Waals surface area (Å²) in [6.07, 6.45) is 0. The van der Waals surface area contributed by atoms with Crippen LogP contribution in [0.2, 0.25) is 5.02 Å². The largest absolute Gasteiger partial charge is 0.302 e. The first-order valence-corrected chi connectivity index (χ1v) is 4.44. The van der Waals surface area contributed by atoms with Crippen molar-refractivity contribution in [2.24, 2.45) is 0 Å². The Morgan fingerprint density at radius 2 is 2.25 bits per heavy atom. The van der Waals surface area contributed by atoms with Crippen LogP contribution in [0.1, 0.15) is 5.56 Å². The molecule has 1 aromatic carbocycles. The Hall–Kier alpha value is -0.890. The summed E-state index contributed by atoms with van der Waals surface area (Å²) in [5.41, 5.74) is 0.128. The van der Waals surface area contributed by atoms with Crippen LogP contribution >= 0.6 is 11.6 Å². The predicted molar refractivity (Wildman–Crippen MR) is 45.2 cm³/mol. The van der Waals surface area contributed by atoms with Crippen molar-refractivity contribution < 1.29 is 8.76 Å². The van der Waals surface area contributed by atoms with Gasteiger partial charge < -0.3 is 4.55 Å². The summed E-state index contributed by atoms with van der Waals surface area (Å²) in [5, 5.41) is 8.67. The highest BCUT2D eigenvalue weighted by Gasteiger charge is 2.11. The molecule has 1 unspecified atom stereocenters. The van der Waals surface area contributed by atoms with Crippen LogP contribution in [-0.4, -0.2) is 8.76 Å². The highest BCUT2D eigenvalue weighted by molar-refractivity contribution is 7.79. The molecule has 5 heteroatoms. The van der Waals surface area contributed by atoms with E-state index in [4.69, 9.17) is 21.4 Å². The topological polar surface area (TPSA) is 61.1 Å². The molecule has 1 rings (SSSR count). The molecule has 0 radical (unpaired) electrons. The van der Waals surface area contributed by atoms with Crippen molar-refractivity contribution in [3.63, 3.8) is 0 Å². The van der Waals surface area contributed by atoms with Gasteiger partial charge in [0.1, 0.15) is 11.0 Å². The Kier molecular flexibility index (Phi) is 2.82. The van der Waals surface area contributed by atoms with Crippen LogP contribution in [0.5, 0.6) is 0 Å². The zero-order valence-electron chi connectivity index (χ0n) is 5.82. The molecule has 62 valence electrons. The van der Waals surface area contributed by atoms with Crippen molar-refractivity contribution in [3.05, 3.63) is 28.8 Å². The van der Waals surface area contributed by atoms with Crippen LogP contribution in [0.4, 0.5) is 0 Å². The standard InChI is InChI=1S/C7H4ClNO2S/c8-6-3-1-2-5(4-9)7(6)12(10)11/h1-3H,(H,10,11). The van der Waals surface area contributed by atoms with Gasteiger partial charge in [0, 0.05) is 0 Å². The molecule has 0 fully saturated rings. The Morgan fingerprint density at radius 3 is 2.67 bits per heavy atom. The fraction of sp³-hybridized carbons (Fsp3) is 0. The molecule has 0 saturated heterocycles. The second-order valence-electron chi connectivity index (χ2n) is 1.98. The van der Waals surface area contributed by atoms with Crippen LogP contribution in [0.3, 0.4) is 0 Å². The minimum absolute atomic E-state index is 0.0262. The first-order chi connectivity index (χ1) is 5.66. The summed E-state index contributed by atoms with van der Waals surface area (Å²) in [7, 11) is 0. The van der Waals surface area contributed by atoms with Gasteiger partial charge in [0.2, 0.25) is 0 Å². The lowest BCUT2D eigenvalue weighted by atomic mass is 10.2. The average Bonchev–Trinajstić information content (AvgIpc) is 2.03. The number of nitriles is 1. The molecule has 3 nitrogen and oxygen atoms in total.